The molecule has 2 aromatic rings. The van der Waals surface area contributed by atoms with Crippen molar-refractivity contribution < 1.29 is 14.3 Å². The first-order valence-corrected chi connectivity index (χ1v) is 6.16. The number of ether oxygens (including phenoxy) is 1. The molecule has 0 spiro atoms. The molecule has 2 heterocycles. The maximum absolute atomic E-state index is 12.1. The van der Waals surface area contributed by atoms with E-state index < -0.39 is 0 Å². The van der Waals surface area contributed by atoms with Crippen LogP contribution in [0.5, 0.6) is 0 Å². The van der Waals surface area contributed by atoms with E-state index in [2.05, 4.69) is 9.97 Å². The minimum absolute atomic E-state index is 0.0120. The SMILES string of the molecule is CCN(C)C(=O)/C(=C/c1c[nH]c2cnccc12)OC=O. The molecule has 0 radical (unpaired) electrons. The van der Waals surface area contributed by atoms with Crippen LogP contribution in [0.2, 0.25) is 0 Å². The molecular formula is C14H15N3O3. The van der Waals surface area contributed by atoms with Gasteiger partial charge in [-0.2, -0.15) is 0 Å². The van der Waals surface area contributed by atoms with Crippen molar-refractivity contribution in [3.8, 4) is 0 Å². The van der Waals surface area contributed by atoms with Crippen LogP contribution in [0.4, 0.5) is 0 Å². The van der Waals surface area contributed by atoms with Crippen molar-refractivity contribution in [2.75, 3.05) is 13.6 Å². The Morgan fingerprint density at radius 2 is 2.35 bits per heavy atom. The van der Waals surface area contributed by atoms with Crippen molar-refractivity contribution in [2.45, 2.75) is 6.92 Å². The van der Waals surface area contributed by atoms with E-state index in [0.29, 0.717) is 6.54 Å². The molecule has 6 heteroatoms. The molecule has 104 valence electrons. The van der Waals surface area contributed by atoms with Crippen LogP contribution in [-0.2, 0) is 14.3 Å². The largest absolute Gasteiger partial charge is 0.423 e. The third-order valence-corrected chi connectivity index (χ3v) is 3.01. The highest BCUT2D eigenvalue weighted by atomic mass is 16.5. The van der Waals surface area contributed by atoms with Gasteiger partial charge in [0.15, 0.2) is 5.76 Å². The molecule has 0 aliphatic carbocycles. The first kappa shape index (κ1) is 13.8. The van der Waals surface area contributed by atoms with Crippen LogP contribution in [0.25, 0.3) is 17.0 Å². The quantitative estimate of drug-likeness (QED) is 0.509. The van der Waals surface area contributed by atoms with E-state index in [1.807, 2.05) is 13.0 Å². The van der Waals surface area contributed by atoms with E-state index in [9.17, 15) is 9.59 Å². The van der Waals surface area contributed by atoms with Gasteiger partial charge in [0.05, 0.1) is 11.7 Å². The molecule has 0 aliphatic rings. The van der Waals surface area contributed by atoms with Crippen LogP contribution in [-0.4, -0.2) is 40.8 Å². The van der Waals surface area contributed by atoms with Gasteiger partial charge in [-0.3, -0.25) is 14.6 Å². The summed E-state index contributed by atoms with van der Waals surface area (Å²) in [4.78, 5) is 31.2. The van der Waals surface area contributed by atoms with E-state index in [1.54, 1.807) is 31.7 Å². The fourth-order valence-corrected chi connectivity index (χ4v) is 1.78. The Labute approximate surface area is 116 Å². The van der Waals surface area contributed by atoms with Gasteiger partial charge < -0.3 is 14.6 Å². The zero-order chi connectivity index (χ0) is 14.5. The van der Waals surface area contributed by atoms with Crippen LogP contribution < -0.4 is 0 Å². The highest BCUT2D eigenvalue weighted by Crippen LogP contribution is 2.20. The molecule has 0 unspecified atom stereocenters. The molecule has 6 nitrogen and oxygen atoms in total. The number of likely N-dealkylation sites (N-methyl/N-ethyl adjacent to an activating group) is 1. The molecule has 0 atom stereocenters. The number of amides is 1. The maximum atomic E-state index is 12.1. The van der Waals surface area contributed by atoms with Crippen molar-refractivity contribution in [1.29, 1.82) is 0 Å². The minimum Gasteiger partial charge on any atom is -0.423 e. The highest BCUT2D eigenvalue weighted by Gasteiger charge is 2.16. The Morgan fingerprint density at radius 1 is 1.55 bits per heavy atom. The number of pyridine rings is 1. The van der Waals surface area contributed by atoms with Gasteiger partial charge in [-0.1, -0.05) is 0 Å². The topological polar surface area (TPSA) is 75.3 Å². The van der Waals surface area contributed by atoms with E-state index in [-0.39, 0.29) is 18.1 Å². The van der Waals surface area contributed by atoms with Crippen LogP contribution in [0.1, 0.15) is 12.5 Å². The first-order chi connectivity index (χ1) is 9.67. The number of aromatic nitrogens is 2. The lowest BCUT2D eigenvalue weighted by Crippen LogP contribution is -2.28. The smallest absolute Gasteiger partial charge is 0.298 e. The summed E-state index contributed by atoms with van der Waals surface area (Å²) in [5, 5.41) is 0.902. The molecule has 0 saturated heterocycles. The number of nitrogens with one attached hydrogen (secondary N) is 1. The van der Waals surface area contributed by atoms with Crippen LogP contribution in [0.15, 0.2) is 30.4 Å². The fourth-order valence-electron chi connectivity index (χ4n) is 1.78. The number of fused-ring (bicyclic) bond motifs is 1. The number of H-pyrrole nitrogens is 1. The number of hydrogen-bond donors (Lipinski definition) is 1. The lowest BCUT2D eigenvalue weighted by Gasteiger charge is -2.15. The van der Waals surface area contributed by atoms with Crippen LogP contribution in [0.3, 0.4) is 0 Å². The van der Waals surface area contributed by atoms with E-state index in [4.69, 9.17) is 4.74 Å². The molecule has 0 bridgehead atoms. The summed E-state index contributed by atoms with van der Waals surface area (Å²) in [6.07, 6.45) is 6.63. The average Bonchev–Trinajstić information content (AvgIpc) is 2.88. The predicted octanol–water partition coefficient (Wildman–Crippen LogP) is 1.56. The van der Waals surface area contributed by atoms with E-state index >= 15 is 0 Å². The standard InChI is InChI=1S/C14H15N3O3/c1-3-17(2)14(19)13(20-9-18)6-10-7-16-12-8-15-5-4-11(10)12/h4-9,16H,3H2,1-2H3/b13-6-. The van der Waals surface area contributed by atoms with E-state index in [0.717, 1.165) is 16.5 Å². The third-order valence-electron chi connectivity index (χ3n) is 3.01. The normalized spacial score (nSPS) is 11.4. The van der Waals surface area contributed by atoms with Gasteiger partial charge in [0.1, 0.15) is 0 Å². The molecule has 20 heavy (non-hydrogen) atoms. The molecule has 0 fully saturated rings. The molecule has 1 N–H and O–H groups in total. The summed E-state index contributed by atoms with van der Waals surface area (Å²) in [6, 6.07) is 1.82. The predicted molar refractivity (Wildman–Crippen MR) is 74.5 cm³/mol. The van der Waals surface area contributed by atoms with Crippen molar-refractivity contribution >= 4 is 29.4 Å². The second-order valence-electron chi connectivity index (χ2n) is 4.21. The Balaban J connectivity index is 2.42. The number of nitrogens with zero attached hydrogens (tertiary/aromatic N) is 2. The molecular weight excluding hydrogens is 258 g/mol. The van der Waals surface area contributed by atoms with Gasteiger partial charge >= 0.3 is 0 Å². The molecule has 0 aromatic carbocycles. The summed E-state index contributed by atoms with van der Waals surface area (Å²) in [5.74, 6) is -0.356. The Kier molecular flexibility index (Phi) is 4.14. The molecule has 0 aliphatic heterocycles. The zero-order valence-electron chi connectivity index (χ0n) is 11.3. The molecule has 2 rings (SSSR count). The van der Waals surface area contributed by atoms with Gasteiger partial charge in [-0.15, -0.1) is 0 Å². The first-order valence-electron chi connectivity index (χ1n) is 6.16. The van der Waals surface area contributed by atoms with Crippen molar-refractivity contribution in [3.05, 3.63) is 36.0 Å². The van der Waals surface area contributed by atoms with Gasteiger partial charge in [0.25, 0.3) is 12.4 Å². The Bertz CT molecular complexity index is 660. The summed E-state index contributed by atoms with van der Waals surface area (Å²) >= 11 is 0. The van der Waals surface area contributed by atoms with Gasteiger partial charge in [-0.25, -0.2) is 0 Å². The number of rotatable bonds is 5. The van der Waals surface area contributed by atoms with Crippen LogP contribution in [0, 0.1) is 0 Å². The Morgan fingerprint density at radius 3 is 3.05 bits per heavy atom. The molecule has 0 saturated carbocycles. The lowest BCUT2D eigenvalue weighted by atomic mass is 10.2. The summed E-state index contributed by atoms with van der Waals surface area (Å²) in [7, 11) is 1.64. The van der Waals surface area contributed by atoms with Gasteiger partial charge in [0, 0.05) is 36.9 Å². The Hall–Kier alpha value is -2.63. The number of carbonyl (C=O) groups excluding carboxylic acids is 2. The average molecular weight is 273 g/mol. The van der Waals surface area contributed by atoms with Crippen molar-refractivity contribution in [3.63, 3.8) is 0 Å². The van der Waals surface area contributed by atoms with Gasteiger partial charge in [-0.05, 0) is 19.1 Å². The number of carbonyl (C=O) groups is 2. The van der Waals surface area contributed by atoms with Crippen LogP contribution >= 0.6 is 0 Å². The van der Waals surface area contributed by atoms with Crippen molar-refractivity contribution in [2.24, 2.45) is 0 Å². The summed E-state index contributed by atoms with van der Waals surface area (Å²) < 4.78 is 4.81. The number of aromatic amines is 1. The summed E-state index contributed by atoms with van der Waals surface area (Å²) in [6.45, 7) is 2.62. The number of hydrogen-bond acceptors (Lipinski definition) is 4. The second-order valence-corrected chi connectivity index (χ2v) is 4.21. The van der Waals surface area contributed by atoms with Crippen molar-refractivity contribution in [1.82, 2.24) is 14.9 Å². The fraction of sp³-hybridized carbons (Fsp3) is 0.214. The minimum atomic E-state index is -0.344. The highest BCUT2D eigenvalue weighted by molar-refractivity contribution is 5.99. The molecule has 2 aromatic heterocycles. The maximum Gasteiger partial charge on any atom is 0.298 e. The zero-order valence-corrected chi connectivity index (χ0v) is 11.3. The lowest BCUT2D eigenvalue weighted by molar-refractivity contribution is -0.135. The molecule has 1 amide bonds. The second kappa shape index (κ2) is 6.01. The summed E-state index contributed by atoms with van der Waals surface area (Å²) in [5.41, 5.74) is 1.61. The third kappa shape index (κ3) is 2.69. The van der Waals surface area contributed by atoms with Gasteiger partial charge in [0.2, 0.25) is 0 Å². The monoisotopic (exact) mass is 273 g/mol. The van der Waals surface area contributed by atoms with E-state index in [1.165, 1.54) is 4.90 Å².